The molecule has 0 saturated carbocycles. The standard InChI is InChI=1S/C24H20ClNO5S/c1-3-31-18-13-14(6-11-17(18)30-2)21-20(22(27)19-5-4-12-32-19)23(28)24(29)26(21)16-9-7-15(25)8-10-16/h4-13,21,28H,3H2,1-2H3. The number of amides is 1. The van der Waals surface area contributed by atoms with Crippen molar-refractivity contribution in [1.29, 1.82) is 0 Å². The number of halogens is 1. The molecular weight excluding hydrogens is 450 g/mol. The molecule has 32 heavy (non-hydrogen) atoms. The van der Waals surface area contributed by atoms with Crippen molar-refractivity contribution in [2.24, 2.45) is 0 Å². The highest BCUT2D eigenvalue weighted by Crippen LogP contribution is 2.44. The van der Waals surface area contributed by atoms with Crippen molar-refractivity contribution in [3.05, 3.63) is 86.8 Å². The Morgan fingerprint density at radius 1 is 1.16 bits per heavy atom. The SMILES string of the molecule is CCOc1cc(C2C(C(=O)c3cccs3)=C(O)C(=O)N2c2ccc(Cl)cc2)ccc1OC. The van der Waals surface area contributed by atoms with Gasteiger partial charge in [0.25, 0.3) is 5.91 Å². The number of thiophene rings is 1. The van der Waals surface area contributed by atoms with Crippen LogP contribution >= 0.6 is 22.9 Å². The van der Waals surface area contributed by atoms with E-state index < -0.39 is 23.5 Å². The summed E-state index contributed by atoms with van der Waals surface area (Å²) in [7, 11) is 1.54. The molecule has 0 fully saturated rings. The fourth-order valence-corrected chi connectivity index (χ4v) is 4.50. The third-order valence-corrected chi connectivity index (χ3v) is 6.23. The molecular formula is C24H20ClNO5S. The highest BCUT2D eigenvalue weighted by molar-refractivity contribution is 7.12. The van der Waals surface area contributed by atoms with Crippen molar-refractivity contribution in [1.82, 2.24) is 0 Å². The fraction of sp³-hybridized carbons (Fsp3) is 0.167. The number of hydrogen-bond donors (Lipinski definition) is 1. The summed E-state index contributed by atoms with van der Waals surface area (Å²) < 4.78 is 11.1. The molecule has 1 amide bonds. The average molecular weight is 470 g/mol. The first kappa shape index (κ1) is 21.9. The van der Waals surface area contributed by atoms with Gasteiger partial charge in [0.15, 0.2) is 17.3 Å². The van der Waals surface area contributed by atoms with Gasteiger partial charge in [0.1, 0.15) is 0 Å². The Bertz CT molecular complexity index is 1190. The summed E-state index contributed by atoms with van der Waals surface area (Å²) in [5, 5.41) is 13.1. The zero-order valence-corrected chi connectivity index (χ0v) is 18.9. The number of carbonyl (C=O) groups is 2. The van der Waals surface area contributed by atoms with E-state index in [4.69, 9.17) is 21.1 Å². The number of nitrogens with zero attached hydrogens (tertiary/aromatic N) is 1. The van der Waals surface area contributed by atoms with Crippen LogP contribution in [0, 0.1) is 0 Å². The van der Waals surface area contributed by atoms with E-state index in [-0.39, 0.29) is 5.57 Å². The first-order valence-electron chi connectivity index (χ1n) is 9.87. The molecule has 1 aromatic heterocycles. The lowest BCUT2D eigenvalue weighted by molar-refractivity contribution is -0.117. The van der Waals surface area contributed by atoms with Crippen LogP contribution in [0.15, 0.2) is 71.3 Å². The molecule has 2 heterocycles. The first-order valence-corrected chi connectivity index (χ1v) is 11.1. The lowest BCUT2D eigenvalue weighted by Gasteiger charge is -2.27. The zero-order chi connectivity index (χ0) is 22.8. The third kappa shape index (κ3) is 3.85. The average Bonchev–Trinajstić information content (AvgIpc) is 3.42. The second-order valence-electron chi connectivity index (χ2n) is 6.97. The maximum absolute atomic E-state index is 13.3. The molecule has 6 nitrogen and oxygen atoms in total. The van der Waals surface area contributed by atoms with E-state index >= 15 is 0 Å². The van der Waals surface area contributed by atoms with Gasteiger partial charge in [0.05, 0.1) is 30.2 Å². The summed E-state index contributed by atoms with van der Waals surface area (Å²) >= 11 is 7.27. The van der Waals surface area contributed by atoms with Gasteiger partial charge >= 0.3 is 0 Å². The lowest BCUT2D eigenvalue weighted by atomic mass is 9.94. The minimum atomic E-state index is -0.858. The number of benzene rings is 2. The number of aliphatic hydroxyl groups is 1. The van der Waals surface area contributed by atoms with Gasteiger partial charge in [-0.1, -0.05) is 23.7 Å². The predicted molar refractivity (Wildman–Crippen MR) is 124 cm³/mol. The van der Waals surface area contributed by atoms with Gasteiger partial charge in [-0.25, -0.2) is 0 Å². The number of rotatable bonds is 7. The topological polar surface area (TPSA) is 76.1 Å². The number of ether oxygens (including phenoxy) is 2. The van der Waals surface area contributed by atoms with E-state index in [1.165, 1.54) is 23.3 Å². The van der Waals surface area contributed by atoms with Crippen LogP contribution in [-0.4, -0.2) is 30.5 Å². The highest BCUT2D eigenvalue weighted by atomic mass is 35.5. The number of Topliss-reactive ketones (excluding diaryl/α,β-unsaturated/α-hetero) is 1. The molecule has 1 unspecified atom stereocenters. The molecule has 4 rings (SSSR count). The van der Waals surface area contributed by atoms with E-state index in [1.807, 2.05) is 6.92 Å². The van der Waals surface area contributed by atoms with Gasteiger partial charge in [-0.3, -0.25) is 14.5 Å². The summed E-state index contributed by atoms with van der Waals surface area (Å²) in [5.41, 5.74) is 1.11. The van der Waals surface area contributed by atoms with Crippen LogP contribution in [0.5, 0.6) is 11.5 Å². The molecule has 164 valence electrons. The molecule has 3 aromatic rings. The Morgan fingerprint density at radius 3 is 2.53 bits per heavy atom. The maximum atomic E-state index is 13.3. The molecule has 0 spiro atoms. The Kier molecular flexibility index (Phi) is 6.21. The minimum absolute atomic E-state index is 0.0139. The maximum Gasteiger partial charge on any atom is 0.294 e. The second-order valence-corrected chi connectivity index (χ2v) is 8.35. The minimum Gasteiger partial charge on any atom is -0.503 e. The molecule has 1 aliphatic rings. The third-order valence-electron chi connectivity index (χ3n) is 5.11. The number of aliphatic hydroxyl groups excluding tert-OH is 1. The van der Waals surface area contributed by atoms with Crippen LogP contribution < -0.4 is 14.4 Å². The van der Waals surface area contributed by atoms with Gasteiger partial charge in [0, 0.05) is 10.7 Å². The molecule has 0 bridgehead atoms. The second kappa shape index (κ2) is 9.06. The Morgan fingerprint density at radius 2 is 1.91 bits per heavy atom. The molecule has 0 aliphatic carbocycles. The number of anilines is 1. The number of methoxy groups -OCH3 is 1. The summed E-state index contributed by atoms with van der Waals surface area (Å²) in [4.78, 5) is 28.3. The molecule has 2 aromatic carbocycles. The van der Waals surface area contributed by atoms with E-state index in [0.29, 0.717) is 39.3 Å². The smallest absolute Gasteiger partial charge is 0.294 e. The van der Waals surface area contributed by atoms with Crippen LogP contribution in [0.3, 0.4) is 0 Å². The van der Waals surface area contributed by atoms with Crippen LogP contribution in [-0.2, 0) is 4.79 Å². The monoisotopic (exact) mass is 469 g/mol. The summed E-state index contributed by atoms with van der Waals surface area (Å²) in [6.07, 6.45) is 0. The van der Waals surface area contributed by atoms with E-state index in [1.54, 1.807) is 60.0 Å². The molecule has 1 atom stereocenters. The Labute approximate surface area is 194 Å². The summed E-state index contributed by atoms with van der Waals surface area (Å²) in [6.45, 7) is 2.26. The van der Waals surface area contributed by atoms with Crippen LogP contribution in [0.4, 0.5) is 5.69 Å². The van der Waals surface area contributed by atoms with Crippen molar-refractivity contribution in [3.63, 3.8) is 0 Å². The van der Waals surface area contributed by atoms with Gasteiger partial charge in [-0.2, -0.15) is 0 Å². The Hall–Kier alpha value is -3.29. The summed E-state index contributed by atoms with van der Waals surface area (Å²) in [5.74, 6) is -0.633. The van der Waals surface area contributed by atoms with E-state index in [0.717, 1.165) is 0 Å². The van der Waals surface area contributed by atoms with Crippen molar-refractivity contribution in [2.75, 3.05) is 18.6 Å². The molecule has 1 aliphatic heterocycles. The molecule has 0 saturated heterocycles. The largest absolute Gasteiger partial charge is 0.503 e. The van der Waals surface area contributed by atoms with Crippen LogP contribution in [0.2, 0.25) is 5.02 Å². The van der Waals surface area contributed by atoms with E-state index in [2.05, 4.69) is 0 Å². The number of hydrogen-bond acceptors (Lipinski definition) is 6. The van der Waals surface area contributed by atoms with Crippen molar-refractivity contribution in [2.45, 2.75) is 13.0 Å². The fourth-order valence-electron chi connectivity index (χ4n) is 3.69. The number of ketones is 1. The van der Waals surface area contributed by atoms with Crippen molar-refractivity contribution >= 4 is 40.3 Å². The van der Waals surface area contributed by atoms with E-state index in [9.17, 15) is 14.7 Å². The molecule has 0 radical (unpaired) electrons. The Balaban J connectivity index is 1.89. The first-order chi connectivity index (χ1) is 15.5. The van der Waals surface area contributed by atoms with Gasteiger partial charge in [-0.05, 0) is 60.3 Å². The zero-order valence-electron chi connectivity index (χ0n) is 17.4. The highest BCUT2D eigenvalue weighted by Gasteiger charge is 2.45. The van der Waals surface area contributed by atoms with Gasteiger partial charge < -0.3 is 14.6 Å². The predicted octanol–water partition coefficient (Wildman–Crippen LogP) is 5.59. The molecule has 8 heteroatoms. The normalized spacial score (nSPS) is 15.9. The molecule has 1 N–H and O–H groups in total. The van der Waals surface area contributed by atoms with Crippen LogP contribution in [0.1, 0.15) is 28.2 Å². The number of carbonyl (C=O) groups excluding carboxylic acids is 2. The summed E-state index contributed by atoms with van der Waals surface area (Å²) in [6, 6.07) is 14.4. The van der Waals surface area contributed by atoms with Crippen molar-refractivity contribution < 1.29 is 24.2 Å². The van der Waals surface area contributed by atoms with Gasteiger partial charge in [0.2, 0.25) is 5.78 Å². The van der Waals surface area contributed by atoms with Crippen molar-refractivity contribution in [3.8, 4) is 11.5 Å². The van der Waals surface area contributed by atoms with Crippen LogP contribution in [0.25, 0.3) is 0 Å². The quantitative estimate of drug-likeness (QED) is 0.456. The lowest BCUT2D eigenvalue weighted by Crippen LogP contribution is -2.31. The van der Waals surface area contributed by atoms with Gasteiger partial charge in [-0.15, -0.1) is 11.3 Å².